The third-order valence-electron chi connectivity index (χ3n) is 3.54. The molecule has 0 heterocycles. The number of halogens is 1. The molecule has 0 aliphatic rings. The second-order valence-electron chi connectivity index (χ2n) is 5.32. The molecule has 25 heavy (non-hydrogen) atoms. The van der Waals surface area contributed by atoms with Gasteiger partial charge in [0.05, 0.1) is 25.2 Å². The number of benzene rings is 2. The molecule has 0 radical (unpaired) electrons. The van der Waals surface area contributed by atoms with Gasteiger partial charge in [-0.25, -0.2) is 4.39 Å². The SMILES string of the molecule is COc1ccc(CC(=O)NCCSCc2ccccc2C#N)cc1F. The quantitative estimate of drug-likeness (QED) is 0.736. The van der Waals surface area contributed by atoms with E-state index in [9.17, 15) is 9.18 Å². The minimum atomic E-state index is -0.473. The first-order chi connectivity index (χ1) is 12.1. The van der Waals surface area contributed by atoms with E-state index >= 15 is 0 Å². The van der Waals surface area contributed by atoms with E-state index in [2.05, 4.69) is 11.4 Å². The predicted molar refractivity (Wildman–Crippen MR) is 97.0 cm³/mol. The normalized spacial score (nSPS) is 10.1. The monoisotopic (exact) mass is 358 g/mol. The zero-order valence-electron chi connectivity index (χ0n) is 13.9. The zero-order chi connectivity index (χ0) is 18.1. The smallest absolute Gasteiger partial charge is 0.224 e. The molecule has 0 unspecified atom stereocenters. The Labute approximate surface area is 151 Å². The molecule has 2 rings (SSSR count). The number of amides is 1. The molecule has 1 N–H and O–H groups in total. The topological polar surface area (TPSA) is 62.1 Å². The van der Waals surface area contributed by atoms with Crippen LogP contribution in [-0.4, -0.2) is 25.3 Å². The van der Waals surface area contributed by atoms with Gasteiger partial charge in [-0.2, -0.15) is 17.0 Å². The fourth-order valence-corrected chi connectivity index (χ4v) is 3.13. The first-order valence-corrected chi connectivity index (χ1v) is 8.94. The summed E-state index contributed by atoms with van der Waals surface area (Å²) in [7, 11) is 1.40. The van der Waals surface area contributed by atoms with Gasteiger partial charge in [-0.15, -0.1) is 0 Å². The van der Waals surface area contributed by atoms with Crippen molar-refractivity contribution in [1.29, 1.82) is 5.26 Å². The number of methoxy groups -OCH3 is 1. The third kappa shape index (κ3) is 5.80. The molecule has 130 valence electrons. The molecule has 0 atom stereocenters. The molecule has 2 aromatic carbocycles. The molecule has 0 aliphatic heterocycles. The standard InChI is InChI=1S/C19H19FN2O2S/c1-24-18-7-6-14(10-17(18)20)11-19(23)22-8-9-25-13-16-5-3-2-4-15(16)12-21/h2-7,10H,8-9,11,13H2,1H3,(H,22,23). The molecule has 0 bridgehead atoms. The average molecular weight is 358 g/mol. The summed E-state index contributed by atoms with van der Waals surface area (Å²) in [6, 6.07) is 14.2. The van der Waals surface area contributed by atoms with Gasteiger partial charge >= 0.3 is 0 Å². The van der Waals surface area contributed by atoms with E-state index in [1.54, 1.807) is 23.9 Å². The van der Waals surface area contributed by atoms with Crippen molar-refractivity contribution >= 4 is 17.7 Å². The van der Waals surface area contributed by atoms with Crippen LogP contribution in [0.25, 0.3) is 0 Å². The summed E-state index contributed by atoms with van der Waals surface area (Å²) in [5.74, 6) is 1.01. The summed E-state index contributed by atoms with van der Waals surface area (Å²) in [4.78, 5) is 11.9. The van der Waals surface area contributed by atoms with Crippen LogP contribution < -0.4 is 10.1 Å². The van der Waals surface area contributed by atoms with E-state index in [0.717, 1.165) is 17.1 Å². The van der Waals surface area contributed by atoms with Crippen LogP contribution >= 0.6 is 11.8 Å². The molecular weight excluding hydrogens is 339 g/mol. The maximum atomic E-state index is 13.6. The van der Waals surface area contributed by atoms with Crippen molar-refractivity contribution in [3.8, 4) is 11.8 Å². The van der Waals surface area contributed by atoms with Crippen molar-refractivity contribution in [2.45, 2.75) is 12.2 Å². The van der Waals surface area contributed by atoms with Crippen LogP contribution in [0.4, 0.5) is 4.39 Å². The molecule has 1 amide bonds. The van der Waals surface area contributed by atoms with Crippen LogP contribution in [0.5, 0.6) is 5.75 Å². The lowest BCUT2D eigenvalue weighted by molar-refractivity contribution is -0.120. The van der Waals surface area contributed by atoms with Gasteiger partial charge in [0.15, 0.2) is 11.6 Å². The molecule has 0 spiro atoms. The van der Waals surface area contributed by atoms with E-state index in [1.165, 1.54) is 19.2 Å². The highest BCUT2D eigenvalue weighted by Gasteiger charge is 2.07. The number of nitrogens with zero attached hydrogens (tertiary/aromatic N) is 1. The van der Waals surface area contributed by atoms with Gasteiger partial charge in [0, 0.05) is 18.1 Å². The lowest BCUT2D eigenvalue weighted by atomic mass is 10.1. The number of carbonyl (C=O) groups excluding carboxylic acids is 1. The first kappa shape index (κ1) is 18.8. The van der Waals surface area contributed by atoms with E-state index < -0.39 is 5.82 Å². The Balaban J connectivity index is 1.70. The van der Waals surface area contributed by atoms with Crippen LogP contribution in [0.15, 0.2) is 42.5 Å². The van der Waals surface area contributed by atoms with Crippen molar-refractivity contribution in [3.63, 3.8) is 0 Å². The Morgan fingerprint density at radius 3 is 2.84 bits per heavy atom. The van der Waals surface area contributed by atoms with Crippen LogP contribution in [0.2, 0.25) is 0 Å². The van der Waals surface area contributed by atoms with Gasteiger partial charge in [-0.3, -0.25) is 4.79 Å². The third-order valence-corrected chi connectivity index (χ3v) is 4.55. The molecule has 6 heteroatoms. The van der Waals surface area contributed by atoms with Crippen molar-refractivity contribution in [3.05, 3.63) is 65.0 Å². The second-order valence-corrected chi connectivity index (χ2v) is 6.42. The van der Waals surface area contributed by atoms with Crippen molar-refractivity contribution in [1.82, 2.24) is 5.32 Å². The lowest BCUT2D eigenvalue weighted by Crippen LogP contribution is -2.27. The molecule has 0 saturated carbocycles. The Kier molecular flexibility index (Phi) is 7.30. The molecule has 4 nitrogen and oxygen atoms in total. The van der Waals surface area contributed by atoms with E-state index in [1.807, 2.05) is 18.2 Å². The number of hydrogen-bond donors (Lipinski definition) is 1. The van der Waals surface area contributed by atoms with Gasteiger partial charge in [-0.1, -0.05) is 24.3 Å². The summed E-state index contributed by atoms with van der Waals surface area (Å²) >= 11 is 1.65. The van der Waals surface area contributed by atoms with Gasteiger partial charge in [0.25, 0.3) is 0 Å². The zero-order valence-corrected chi connectivity index (χ0v) is 14.7. The molecule has 0 saturated heterocycles. The Morgan fingerprint density at radius 2 is 2.12 bits per heavy atom. The Bertz CT molecular complexity index is 774. The maximum Gasteiger partial charge on any atom is 0.224 e. The average Bonchev–Trinajstić information content (AvgIpc) is 2.62. The Hall–Kier alpha value is -2.52. The molecule has 0 fully saturated rings. The highest BCUT2D eigenvalue weighted by atomic mass is 32.2. The fraction of sp³-hybridized carbons (Fsp3) is 0.263. The number of carbonyl (C=O) groups is 1. The minimum Gasteiger partial charge on any atom is -0.494 e. The summed E-state index contributed by atoms with van der Waals surface area (Å²) in [5, 5.41) is 11.9. The second kappa shape index (κ2) is 9.70. The number of nitriles is 1. The number of hydrogen-bond acceptors (Lipinski definition) is 4. The van der Waals surface area contributed by atoms with Gasteiger partial charge < -0.3 is 10.1 Å². The minimum absolute atomic E-state index is 0.128. The first-order valence-electron chi connectivity index (χ1n) is 7.79. The van der Waals surface area contributed by atoms with E-state index in [-0.39, 0.29) is 18.1 Å². The van der Waals surface area contributed by atoms with E-state index in [4.69, 9.17) is 10.00 Å². The summed E-state index contributed by atoms with van der Waals surface area (Å²) in [5.41, 5.74) is 2.28. The van der Waals surface area contributed by atoms with Crippen LogP contribution in [0.1, 0.15) is 16.7 Å². The van der Waals surface area contributed by atoms with Gasteiger partial charge in [0.1, 0.15) is 0 Å². The summed E-state index contributed by atoms with van der Waals surface area (Å²) in [6.07, 6.45) is 0.128. The summed E-state index contributed by atoms with van der Waals surface area (Å²) < 4.78 is 18.4. The maximum absolute atomic E-state index is 13.6. The number of ether oxygens (including phenoxy) is 1. The fourth-order valence-electron chi connectivity index (χ4n) is 2.27. The van der Waals surface area contributed by atoms with Crippen LogP contribution in [0.3, 0.4) is 0 Å². The molecule has 0 aromatic heterocycles. The van der Waals surface area contributed by atoms with Crippen molar-refractivity contribution < 1.29 is 13.9 Å². The predicted octanol–water partition coefficient (Wildman–Crippen LogP) is 3.30. The highest BCUT2D eigenvalue weighted by Crippen LogP contribution is 2.18. The van der Waals surface area contributed by atoms with E-state index in [0.29, 0.717) is 17.7 Å². The number of rotatable bonds is 8. The van der Waals surface area contributed by atoms with Crippen molar-refractivity contribution in [2.75, 3.05) is 19.4 Å². The van der Waals surface area contributed by atoms with Gasteiger partial charge in [-0.05, 0) is 29.3 Å². The van der Waals surface area contributed by atoms with Crippen LogP contribution in [0, 0.1) is 17.1 Å². The molecular formula is C19H19FN2O2S. The van der Waals surface area contributed by atoms with Gasteiger partial charge in [0.2, 0.25) is 5.91 Å². The lowest BCUT2D eigenvalue weighted by Gasteiger charge is -2.07. The van der Waals surface area contributed by atoms with Crippen LogP contribution in [-0.2, 0) is 17.0 Å². The highest BCUT2D eigenvalue weighted by molar-refractivity contribution is 7.98. The molecule has 2 aromatic rings. The largest absolute Gasteiger partial charge is 0.494 e. The van der Waals surface area contributed by atoms with Crippen molar-refractivity contribution in [2.24, 2.45) is 0 Å². The number of thioether (sulfide) groups is 1. The summed E-state index contributed by atoms with van der Waals surface area (Å²) in [6.45, 7) is 0.525. The Morgan fingerprint density at radius 1 is 1.32 bits per heavy atom. The molecule has 0 aliphatic carbocycles. The number of nitrogens with one attached hydrogen (secondary N) is 1.